The highest BCUT2D eigenvalue weighted by molar-refractivity contribution is 14.1. The molecule has 0 fully saturated rings. The lowest BCUT2D eigenvalue weighted by molar-refractivity contribution is -0.126. The number of likely N-dealkylation sites (N-methyl/N-ethyl adjacent to an activating group) is 1. The van der Waals surface area contributed by atoms with Crippen molar-refractivity contribution in [2.24, 2.45) is 5.92 Å². The van der Waals surface area contributed by atoms with E-state index in [1.165, 1.54) is 0 Å². The van der Waals surface area contributed by atoms with Gasteiger partial charge in [0.25, 0.3) is 0 Å². The van der Waals surface area contributed by atoms with E-state index in [0.717, 1.165) is 6.42 Å². The lowest BCUT2D eigenvalue weighted by Gasteiger charge is -2.25. The minimum Gasteiger partial charge on any atom is -0.354 e. The first kappa shape index (κ1) is 17.6. The molecule has 0 aliphatic rings. The zero-order valence-electron chi connectivity index (χ0n) is 11.6. The van der Waals surface area contributed by atoms with Crippen LogP contribution in [0.5, 0.6) is 0 Å². The molecule has 0 radical (unpaired) electrons. The summed E-state index contributed by atoms with van der Waals surface area (Å²) < 4.78 is 0.444. The Morgan fingerprint density at radius 3 is 2.17 bits per heavy atom. The van der Waals surface area contributed by atoms with Crippen molar-refractivity contribution in [3.63, 3.8) is 0 Å². The summed E-state index contributed by atoms with van der Waals surface area (Å²) in [5.41, 5.74) is 0. The molecule has 0 bridgehead atoms. The average Bonchev–Trinajstić information content (AvgIpc) is 2.30. The molecule has 0 aromatic heterocycles. The quantitative estimate of drug-likeness (QED) is 0.375. The molecule has 18 heavy (non-hydrogen) atoms. The summed E-state index contributed by atoms with van der Waals surface area (Å²) in [5.74, 6) is 0.496. The zero-order chi connectivity index (χ0) is 14.1. The van der Waals surface area contributed by atoms with E-state index in [1.54, 1.807) is 0 Å². The number of nitrogens with one attached hydrogen (secondary N) is 2. The smallest absolute Gasteiger partial charge is 0.237 e. The number of halogens is 1. The van der Waals surface area contributed by atoms with Crippen LogP contribution in [0.3, 0.4) is 0 Å². The zero-order valence-corrected chi connectivity index (χ0v) is 13.8. The molecular formula is C12H24IN3O2. The monoisotopic (exact) mass is 369 g/mol. The first-order chi connectivity index (χ1) is 8.38. The van der Waals surface area contributed by atoms with Gasteiger partial charge in [0.2, 0.25) is 11.8 Å². The summed E-state index contributed by atoms with van der Waals surface area (Å²) in [7, 11) is 3.81. The molecule has 0 aromatic rings. The summed E-state index contributed by atoms with van der Waals surface area (Å²) in [5, 5.41) is 5.57. The van der Waals surface area contributed by atoms with Crippen molar-refractivity contribution in [1.82, 2.24) is 15.5 Å². The molecule has 0 spiro atoms. The Morgan fingerprint density at radius 1 is 1.17 bits per heavy atom. The number of hydrogen-bond donors (Lipinski definition) is 2. The number of carbonyl (C=O) groups is 2. The van der Waals surface area contributed by atoms with Gasteiger partial charge in [-0.2, -0.15) is 0 Å². The van der Waals surface area contributed by atoms with Crippen molar-refractivity contribution in [2.45, 2.75) is 26.3 Å². The van der Waals surface area contributed by atoms with E-state index in [-0.39, 0.29) is 17.9 Å². The molecule has 0 saturated heterocycles. The van der Waals surface area contributed by atoms with Gasteiger partial charge in [0, 0.05) is 13.1 Å². The Morgan fingerprint density at radius 2 is 1.72 bits per heavy atom. The summed E-state index contributed by atoms with van der Waals surface area (Å²) in [6.07, 6.45) is 0.832. The SMILES string of the molecule is CC(C)CC(C(=O)NCCNC(=O)CI)N(C)C. The Labute approximate surface area is 123 Å². The highest BCUT2D eigenvalue weighted by atomic mass is 127. The number of amides is 2. The van der Waals surface area contributed by atoms with Crippen LogP contribution in [0.15, 0.2) is 0 Å². The number of nitrogens with zero attached hydrogens (tertiary/aromatic N) is 1. The van der Waals surface area contributed by atoms with Crippen molar-refractivity contribution >= 4 is 34.4 Å². The Bertz CT molecular complexity index is 270. The molecule has 106 valence electrons. The van der Waals surface area contributed by atoms with Crippen LogP contribution in [0.4, 0.5) is 0 Å². The summed E-state index contributed by atoms with van der Waals surface area (Å²) >= 11 is 2.00. The Balaban J connectivity index is 4.00. The molecule has 1 atom stereocenters. The molecular weight excluding hydrogens is 345 g/mol. The second-order valence-electron chi connectivity index (χ2n) is 4.88. The third kappa shape index (κ3) is 7.86. The van der Waals surface area contributed by atoms with Crippen molar-refractivity contribution in [3.8, 4) is 0 Å². The van der Waals surface area contributed by atoms with Crippen molar-refractivity contribution in [1.29, 1.82) is 0 Å². The molecule has 0 heterocycles. The summed E-state index contributed by atoms with van der Waals surface area (Å²) in [6, 6.07) is -0.106. The lowest BCUT2D eigenvalue weighted by Crippen LogP contribution is -2.46. The largest absolute Gasteiger partial charge is 0.354 e. The summed E-state index contributed by atoms with van der Waals surface area (Å²) in [4.78, 5) is 24.9. The van der Waals surface area contributed by atoms with Crippen LogP contribution in [0, 0.1) is 5.92 Å². The third-order valence-electron chi connectivity index (χ3n) is 2.49. The molecule has 0 aromatic carbocycles. The maximum Gasteiger partial charge on any atom is 0.237 e. The molecule has 0 saturated carbocycles. The average molecular weight is 369 g/mol. The van der Waals surface area contributed by atoms with Crippen LogP contribution < -0.4 is 10.6 Å². The molecule has 2 N–H and O–H groups in total. The minimum atomic E-state index is -0.106. The van der Waals surface area contributed by atoms with E-state index < -0.39 is 0 Å². The maximum absolute atomic E-state index is 12.0. The molecule has 0 aliphatic carbocycles. The predicted molar refractivity (Wildman–Crippen MR) is 81.8 cm³/mol. The van der Waals surface area contributed by atoms with E-state index in [9.17, 15) is 9.59 Å². The number of carbonyl (C=O) groups excluding carboxylic acids is 2. The van der Waals surface area contributed by atoms with Gasteiger partial charge in [-0.15, -0.1) is 0 Å². The van der Waals surface area contributed by atoms with Gasteiger partial charge in [0.1, 0.15) is 0 Å². The fourth-order valence-electron chi connectivity index (χ4n) is 1.55. The normalized spacial score (nSPS) is 12.6. The van der Waals surface area contributed by atoms with Crippen LogP contribution in [0.1, 0.15) is 20.3 Å². The van der Waals surface area contributed by atoms with E-state index >= 15 is 0 Å². The maximum atomic E-state index is 12.0. The number of hydrogen-bond acceptors (Lipinski definition) is 3. The molecule has 1 unspecified atom stereocenters. The van der Waals surface area contributed by atoms with Gasteiger partial charge >= 0.3 is 0 Å². The van der Waals surface area contributed by atoms with Gasteiger partial charge in [0.05, 0.1) is 10.5 Å². The third-order valence-corrected chi connectivity index (χ3v) is 3.18. The van der Waals surface area contributed by atoms with E-state index in [0.29, 0.717) is 23.4 Å². The number of rotatable bonds is 8. The highest BCUT2D eigenvalue weighted by Gasteiger charge is 2.21. The van der Waals surface area contributed by atoms with Gasteiger partial charge in [-0.1, -0.05) is 36.4 Å². The van der Waals surface area contributed by atoms with Crippen molar-refractivity contribution in [3.05, 3.63) is 0 Å². The van der Waals surface area contributed by atoms with E-state index in [2.05, 4.69) is 24.5 Å². The van der Waals surface area contributed by atoms with Crippen LogP contribution in [0.2, 0.25) is 0 Å². The van der Waals surface area contributed by atoms with Crippen molar-refractivity contribution in [2.75, 3.05) is 31.6 Å². The fraction of sp³-hybridized carbons (Fsp3) is 0.833. The van der Waals surface area contributed by atoms with Gasteiger partial charge in [0.15, 0.2) is 0 Å². The number of alkyl halides is 1. The first-order valence-corrected chi connectivity index (χ1v) is 7.67. The fourth-order valence-corrected chi connectivity index (χ4v) is 1.82. The predicted octanol–water partition coefficient (Wildman–Crippen LogP) is 0.630. The molecule has 5 nitrogen and oxygen atoms in total. The molecule has 0 rings (SSSR count). The molecule has 2 amide bonds. The summed E-state index contributed by atoms with van der Waals surface area (Å²) in [6.45, 7) is 5.16. The van der Waals surface area contributed by atoms with Crippen LogP contribution in [0.25, 0.3) is 0 Å². The van der Waals surface area contributed by atoms with Gasteiger partial charge in [-0.25, -0.2) is 0 Å². The lowest BCUT2D eigenvalue weighted by atomic mass is 10.0. The minimum absolute atomic E-state index is 0.00353. The molecule has 6 heteroatoms. The van der Waals surface area contributed by atoms with E-state index in [1.807, 2.05) is 41.6 Å². The van der Waals surface area contributed by atoms with Crippen molar-refractivity contribution < 1.29 is 9.59 Å². The second kappa shape index (κ2) is 9.55. The topological polar surface area (TPSA) is 61.4 Å². The van der Waals surface area contributed by atoms with Crippen LogP contribution >= 0.6 is 22.6 Å². The Hall–Kier alpha value is -0.370. The first-order valence-electron chi connectivity index (χ1n) is 6.15. The van der Waals surface area contributed by atoms with Crippen LogP contribution in [-0.2, 0) is 9.59 Å². The van der Waals surface area contributed by atoms with Crippen LogP contribution in [-0.4, -0.2) is 54.4 Å². The Kier molecular flexibility index (Phi) is 9.35. The van der Waals surface area contributed by atoms with Gasteiger partial charge < -0.3 is 10.6 Å². The highest BCUT2D eigenvalue weighted by Crippen LogP contribution is 2.08. The van der Waals surface area contributed by atoms with Gasteiger partial charge in [-0.05, 0) is 26.4 Å². The molecule has 0 aliphatic heterocycles. The second-order valence-corrected chi connectivity index (χ2v) is 5.65. The van der Waals surface area contributed by atoms with E-state index in [4.69, 9.17) is 0 Å². The van der Waals surface area contributed by atoms with Gasteiger partial charge in [-0.3, -0.25) is 14.5 Å². The standard InChI is InChI=1S/C12H24IN3O2/c1-9(2)7-10(16(3)4)12(18)15-6-5-14-11(17)8-13/h9-10H,5-8H2,1-4H3,(H,14,17)(H,15,18).